The fraction of sp³-hybridized carbons (Fsp3) is 0.857. The van der Waals surface area contributed by atoms with Crippen molar-refractivity contribution in [2.24, 2.45) is 5.92 Å². The molecule has 0 spiro atoms. The second-order valence-corrected chi connectivity index (χ2v) is 6.37. The van der Waals surface area contributed by atoms with E-state index in [2.05, 4.69) is 36.6 Å². The maximum absolute atomic E-state index is 11.6. The van der Waals surface area contributed by atoms with E-state index in [-0.39, 0.29) is 29.8 Å². The van der Waals surface area contributed by atoms with Crippen molar-refractivity contribution < 1.29 is 9.59 Å². The van der Waals surface area contributed by atoms with Crippen LogP contribution in [0.3, 0.4) is 0 Å². The number of likely N-dealkylation sites (N-methyl/N-ethyl adjacent to an activating group) is 1. The van der Waals surface area contributed by atoms with E-state index in [0.717, 1.165) is 25.3 Å². The quantitative estimate of drug-likeness (QED) is 0.728. The highest BCUT2D eigenvalue weighted by atomic mass is 16.2. The predicted octanol–water partition coefficient (Wildman–Crippen LogP) is 0.502. The summed E-state index contributed by atoms with van der Waals surface area (Å²) in [5.41, 5.74) is 0.115. The zero-order chi connectivity index (χ0) is 14.0. The summed E-state index contributed by atoms with van der Waals surface area (Å²) in [4.78, 5) is 25.1. The van der Waals surface area contributed by atoms with Gasteiger partial charge in [-0.15, -0.1) is 0 Å². The highest BCUT2D eigenvalue weighted by Crippen LogP contribution is 2.35. The van der Waals surface area contributed by atoms with Crippen molar-refractivity contribution in [1.29, 1.82) is 0 Å². The highest BCUT2D eigenvalue weighted by molar-refractivity contribution is 6.05. The molecule has 1 heterocycles. The number of nitrogens with one attached hydrogen (secondary N) is 2. The normalized spacial score (nSPS) is 35.8. The van der Waals surface area contributed by atoms with Gasteiger partial charge in [0.05, 0.1) is 12.5 Å². The number of imide groups is 1. The number of hydrogen-bond donors (Lipinski definition) is 2. The van der Waals surface area contributed by atoms with Crippen molar-refractivity contribution in [3.63, 3.8) is 0 Å². The molecule has 19 heavy (non-hydrogen) atoms. The molecule has 1 aliphatic heterocycles. The molecule has 2 fully saturated rings. The van der Waals surface area contributed by atoms with Gasteiger partial charge in [-0.3, -0.25) is 14.9 Å². The first kappa shape index (κ1) is 14.5. The Bertz CT molecular complexity index is 370. The lowest BCUT2D eigenvalue weighted by Crippen LogP contribution is -2.56. The lowest BCUT2D eigenvalue weighted by molar-refractivity contribution is -0.125. The molecule has 1 saturated heterocycles. The Morgan fingerprint density at radius 2 is 2.16 bits per heavy atom. The summed E-state index contributed by atoms with van der Waals surface area (Å²) in [5.74, 6) is 0.373. The summed E-state index contributed by atoms with van der Waals surface area (Å²) >= 11 is 0. The molecule has 3 atom stereocenters. The Morgan fingerprint density at radius 3 is 2.68 bits per heavy atom. The van der Waals surface area contributed by atoms with Crippen LogP contribution < -0.4 is 10.6 Å². The SMILES string of the molecule is CC1CCCC(CNC2CC(=O)NC2=O)(N(C)C)C1. The van der Waals surface area contributed by atoms with E-state index >= 15 is 0 Å². The van der Waals surface area contributed by atoms with E-state index in [0.29, 0.717) is 0 Å². The molecule has 108 valence electrons. The molecule has 0 bridgehead atoms. The Morgan fingerprint density at radius 1 is 1.42 bits per heavy atom. The largest absolute Gasteiger partial charge is 0.304 e. The minimum Gasteiger partial charge on any atom is -0.304 e. The van der Waals surface area contributed by atoms with Gasteiger partial charge in [-0.1, -0.05) is 19.8 Å². The van der Waals surface area contributed by atoms with Crippen LogP contribution >= 0.6 is 0 Å². The van der Waals surface area contributed by atoms with Crippen molar-refractivity contribution in [3.8, 4) is 0 Å². The topological polar surface area (TPSA) is 61.4 Å². The van der Waals surface area contributed by atoms with Gasteiger partial charge < -0.3 is 10.2 Å². The summed E-state index contributed by atoms with van der Waals surface area (Å²) in [6, 6.07) is -0.346. The van der Waals surface area contributed by atoms with Crippen LogP contribution in [0.2, 0.25) is 0 Å². The number of nitrogens with zero attached hydrogens (tertiary/aromatic N) is 1. The van der Waals surface area contributed by atoms with Crippen LogP contribution in [0.4, 0.5) is 0 Å². The lowest BCUT2D eigenvalue weighted by atomic mass is 9.75. The third-order valence-electron chi connectivity index (χ3n) is 4.66. The Labute approximate surface area is 115 Å². The molecule has 2 N–H and O–H groups in total. The highest BCUT2D eigenvalue weighted by Gasteiger charge is 2.39. The van der Waals surface area contributed by atoms with Crippen LogP contribution in [0.15, 0.2) is 0 Å². The third kappa shape index (κ3) is 3.15. The van der Waals surface area contributed by atoms with Gasteiger partial charge >= 0.3 is 0 Å². The molecule has 2 aliphatic rings. The van der Waals surface area contributed by atoms with Crippen LogP contribution in [-0.4, -0.2) is 48.9 Å². The van der Waals surface area contributed by atoms with Crippen LogP contribution in [-0.2, 0) is 9.59 Å². The second kappa shape index (κ2) is 5.59. The van der Waals surface area contributed by atoms with Gasteiger partial charge in [0, 0.05) is 12.1 Å². The molecular weight excluding hydrogens is 242 g/mol. The van der Waals surface area contributed by atoms with E-state index in [1.54, 1.807) is 0 Å². The minimum atomic E-state index is -0.346. The van der Waals surface area contributed by atoms with E-state index < -0.39 is 0 Å². The Kier molecular flexibility index (Phi) is 4.26. The Balaban J connectivity index is 1.97. The van der Waals surface area contributed by atoms with Crippen molar-refractivity contribution in [3.05, 3.63) is 0 Å². The lowest BCUT2D eigenvalue weighted by Gasteiger charge is -2.45. The standard InChI is InChI=1S/C14H25N3O2/c1-10-5-4-6-14(8-10,17(2)3)9-15-11-7-12(18)16-13(11)19/h10-11,15H,4-9H2,1-3H3,(H,16,18,19). The predicted molar refractivity (Wildman–Crippen MR) is 73.6 cm³/mol. The second-order valence-electron chi connectivity index (χ2n) is 6.37. The molecule has 5 nitrogen and oxygen atoms in total. The van der Waals surface area contributed by atoms with Crippen molar-refractivity contribution >= 4 is 11.8 Å². The molecule has 3 unspecified atom stereocenters. The molecule has 1 saturated carbocycles. The van der Waals surface area contributed by atoms with Crippen molar-refractivity contribution in [2.75, 3.05) is 20.6 Å². The fourth-order valence-corrected chi connectivity index (χ4v) is 3.39. The van der Waals surface area contributed by atoms with Gasteiger partial charge in [-0.25, -0.2) is 0 Å². The fourth-order valence-electron chi connectivity index (χ4n) is 3.39. The van der Waals surface area contributed by atoms with Crippen LogP contribution in [0.5, 0.6) is 0 Å². The number of amides is 2. The van der Waals surface area contributed by atoms with E-state index in [4.69, 9.17) is 0 Å². The van der Waals surface area contributed by atoms with Crippen molar-refractivity contribution in [2.45, 2.75) is 50.6 Å². The molecule has 2 rings (SSSR count). The zero-order valence-electron chi connectivity index (χ0n) is 12.2. The van der Waals surface area contributed by atoms with Crippen molar-refractivity contribution in [1.82, 2.24) is 15.5 Å². The van der Waals surface area contributed by atoms with Gasteiger partial charge in [0.15, 0.2) is 0 Å². The average Bonchev–Trinajstić information content (AvgIpc) is 2.65. The smallest absolute Gasteiger partial charge is 0.244 e. The van der Waals surface area contributed by atoms with Gasteiger partial charge in [0.1, 0.15) is 0 Å². The summed E-state index contributed by atoms with van der Waals surface area (Å²) in [5, 5.41) is 5.65. The summed E-state index contributed by atoms with van der Waals surface area (Å²) in [6.07, 6.45) is 5.10. The van der Waals surface area contributed by atoms with E-state index in [1.165, 1.54) is 12.8 Å². The number of hydrogen-bond acceptors (Lipinski definition) is 4. The average molecular weight is 267 g/mol. The molecule has 0 aromatic rings. The number of carbonyl (C=O) groups excluding carboxylic acids is 2. The van der Waals surface area contributed by atoms with E-state index in [9.17, 15) is 9.59 Å². The van der Waals surface area contributed by atoms with Gasteiger partial charge in [0.2, 0.25) is 11.8 Å². The summed E-state index contributed by atoms with van der Waals surface area (Å²) in [7, 11) is 4.22. The molecular formula is C14H25N3O2. The zero-order valence-corrected chi connectivity index (χ0v) is 12.2. The molecule has 5 heteroatoms. The van der Waals surface area contributed by atoms with Gasteiger partial charge in [0.25, 0.3) is 0 Å². The number of rotatable bonds is 4. The maximum Gasteiger partial charge on any atom is 0.244 e. The molecule has 1 aliphatic carbocycles. The maximum atomic E-state index is 11.6. The first-order chi connectivity index (χ1) is 8.93. The molecule has 0 aromatic heterocycles. The Hall–Kier alpha value is -0.940. The minimum absolute atomic E-state index is 0.115. The van der Waals surface area contributed by atoms with Crippen LogP contribution in [0.1, 0.15) is 39.0 Å². The molecule has 0 aromatic carbocycles. The summed E-state index contributed by atoms with van der Waals surface area (Å²) in [6.45, 7) is 3.07. The van der Waals surface area contributed by atoms with E-state index in [1.807, 2.05) is 0 Å². The first-order valence-corrected chi connectivity index (χ1v) is 7.17. The van der Waals surface area contributed by atoms with Crippen LogP contribution in [0.25, 0.3) is 0 Å². The first-order valence-electron chi connectivity index (χ1n) is 7.17. The third-order valence-corrected chi connectivity index (χ3v) is 4.66. The molecule has 2 amide bonds. The molecule has 0 radical (unpaired) electrons. The summed E-state index contributed by atoms with van der Waals surface area (Å²) < 4.78 is 0. The van der Waals surface area contributed by atoms with Crippen LogP contribution in [0, 0.1) is 5.92 Å². The monoisotopic (exact) mass is 267 g/mol. The number of carbonyl (C=O) groups is 2. The van der Waals surface area contributed by atoms with Gasteiger partial charge in [-0.2, -0.15) is 0 Å². The van der Waals surface area contributed by atoms with Gasteiger partial charge in [-0.05, 0) is 32.9 Å².